The number of nitrogens with two attached hydrogens (primary N) is 1. The first kappa shape index (κ1) is 11.1. The first-order valence-electron chi connectivity index (χ1n) is 2.98. The van der Waals surface area contributed by atoms with Gasteiger partial charge in [0.05, 0.1) is 0 Å². The molecule has 0 heterocycles. The van der Waals surface area contributed by atoms with Crippen LogP contribution < -0.4 is 10.5 Å². The number of hydrogen-bond acceptors (Lipinski definition) is 4. The van der Waals surface area contributed by atoms with E-state index in [1.54, 1.807) is 0 Å². The van der Waals surface area contributed by atoms with Crippen molar-refractivity contribution >= 4 is 15.9 Å². The third-order valence-electron chi connectivity index (χ3n) is 0.966. The average molecular weight is 194 g/mol. The molecule has 6 nitrogen and oxygen atoms in total. The van der Waals surface area contributed by atoms with Crippen LogP contribution in [0, 0.1) is 0 Å². The molecule has 0 aliphatic carbocycles. The summed E-state index contributed by atoms with van der Waals surface area (Å²) in [5.41, 5.74) is 2.35. The van der Waals surface area contributed by atoms with Crippen LogP contribution in [0.4, 0.5) is 0 Å². The fraction of sp³-hybridized carbons (Fsp3) is 0.400. The van der Waals surface area contributed by atoms with Gasteiger partial charge in [0.25, 0.3) is 5.91 Å². The van der Waals surface area contributed by atoms with Crippen LogP contribution in [0.1, 0.15) is 0 Å². The summed E-state index contributed by atoms with van der Waals surface area (Å²) in [6, 6.07) is 0. The summed E-state index contributed by atoms with van der Waals surface area (Å²) in [5, 5.41) is 8.72. The Morgan fingerprint density at radius 3 is 2.58 bits per heavy atom. The Kier molecular flexibility index (Phi) is 3.87. The summed E-state index contributed by atoms with van der Waals surface area (Å²) < 4.78 is 23.5. The van der Waals surface area contributed by atoms with E-state index in [1.165, 1.54) is 6.08 Å². The first-order valence-corrected chi connectivity index (χ1v) is 4.53. The minimum Gasteiger partial charge on any atom is -0.368 e. The number of aliphatic hydroxyl groups is 1. The molecule has 70 valence electrons. The molecule has 1 unspecified atom stereocenters. The van der Waals surface area contributed by atoms with Gasteiger partial charge in [0.2, 0.25) is 15.5 Å². The number of carbonyl (C=O) groups is 1. The van der Waals surface area contributed by atoms with Gasteiger partial charge in [0.1, 0.15) is 0 Å². The lowest BCUT2D eigenvalue weighted by Gasteiger charge is -2.07. The molecule has 0 rings (SSSR count). The van der Waals surface area contributed by atoms with E-state index in [-0.39, 0.29) is 6.54 Å². The Bertz CT molecular complexity index is 271. The van der Waals surface area contributed by atoms with Gasteiger partial charge in [-0.3, -0.25) is 4.79 Å². The second-order valence-electron chi connectivity index (χ2n) is 1.94. The van der Waals surface area contributed by atoms with E-state index in [4.69, 9.17) is 5.11 Å². The number of sulfonamides is 1. The molecule has 7 heteroatoms. The molecule has 0 aromatic heterocycles. The molecule has 1 atom stereocenters. The maximum atomic E-state index is 10.8. The minimum atomic E-state index is -4.06. The second-order valence-corrected chi connectivity index (χ2v) is 3.76. The van der Waals surface area contributed by atoms with Crippen LogP contribution in [-0.2, 0) is 14.8 Å². The maximum absolute atomic E-state index is 10.8. The molecule has 4 N–H and O–H groups in total. The zero-order valence-electron chi connectivity index (χ0n) is 6.23. The highest BCUT2D eigenvalue weighted by Gasteiger charge is 2.26. The van der Waals surface area contributed by atoms with Gasteiger partial charge >= 0.3 is 0 Å². The van der Waals surface area contributed by atoms with Gasteiger partial charge < -0.3 is 10.8 Å². The highest BCUT2D eigenvalue weighted by Crippen LogP contribution is 1.92. The topological polar surface area (TPSA) is 109 Å². The number of nitrogens with one attached hydrogen (secondary N) is 1. The van der Waals surface area contributed by atoms with Crippen molar-refractivity contribution in [1.29, 1.82) is 0 Å². The summed E-state index contributed by atoms with van der Waals surface area (Å²) in [5.74, 6) is -1.31. The van der Waals surface area contributed by atoms with Gasteiger partial charge in [-0.25, -0.2) is 13.1 Å². The van der Waals surface area contributed by atoms with Crippen LogP contribution in [0.5, 0.6) is 0 Å². The quantitative estimate of drug-likeness (QED) is 0.435. The van der Waals surface area contributed by atoms with E-state index < -0.39 is 21.4 Å². The Labute approximate surface area is 70.1 Å². The van der Waals surface area contributed by atoms with Crippen LogP contribution in [0.3, 0.4) is 0 Å². The van der Waals surface area contributed by atoms with Crippen LogP contribution in [0.15, 0.2) is 12.7 Å². The van der Waals surface area contributed by atoms with E-state index in [2.05, 4.69) is 12.3 Å². The van der Waals surface area contributed by atoms with E-state index >= 15 is 0 Å². The maximum Gasteiger partial charge on any atom is 0.263 e. The highest BCUT2D eigenvalue weighted by molar-refractivity contribution is 7.90. The normalized spacial score (nSPS) is 13.8. The van der Waals surface area contributed by atoms with Crippen molar-refractivity contribution in [3.8, 4) is 0 Å². The van der Waals surface area contributed by atoms with Gasteiger partial charge in [0, 0.05) is 6.54 Å². The van der Waals surface area contributed by atoms with Gasteiger partial charge in [-0.15, -0.1) is 6.58 Å². The summed E-state index contributed by atoms with van der Waals surface area (Å²) in [6.07, 6.45) is 1.27. The fourth-order valence-corrected chi connectivity index (χ4v) is 1.22. The van der Waals surface area contributed by atoms with Crippen LogP contribution in [0.25, 0.3) is 0 Å². The SMILES string of the molecule is C=CCNS(=O)(=O)C(O)C(N)=O. The molecule has 0 saturated carbocycles. The number of aliphatic hydroxyl groups excluding tert-OH is 1. The van der Waals surface area contributed by atoms with Gasteiger partial charge in [-0.2, -0.15) is 0 Å². The molecule has 0 fully saturated rings. The molecule has 0 radical (unpaired) electrons. The zero-order chi connectivity index (χ0) is 9.78. The third kappa shape index (κ3) is 2.99. The molecular formula is C5H10N2O4S. The second kappa shape index (κ2) is 4.19. The molecular weight excluding hydrogens is 184 g/mol. The van der Waals surface area contributed by atoms with E-state index in [0.717, 1.165) is 0 Å². The van der Waals surface area contributed by atoms with Crippen LogP contribution in [-0.4, -0.2) is 31.4 Å². The smallest absolute Gasteiger partial charge is 0.263 e. The molecule has 0 spiro atoms. The fourth-order valence-electron chi connectivity index (χ4n) is 0.407. The summed E-state index contributed by atoms with van der Waals surface area (Å²) in [4.78, 5) is 10.2. The summed E-state index contributed by atoms with van der Waals surface area (Å²) >= 11 is 0. The molecule has 1 amide bonds. The number of primary amides is 1. The van der Waals surface area contributed by atoms with E-state index in [9.17, 15) is 13.2 Å². The molecule has 0 aliphatic heterocycles. The zero-order valence-corrected chi connectivity index (χ0v) is 7.04. The predicted molar refractivity (Wildman–Crippen MR) is 42.3 cm³/mol. The monoisotopic (exact) mass is 194 g/mol. The van der Waals surface area contributed by atoms with Crippen LogP contribution >= 0.6 is 0 Å². The molecule has 0 aliphatic rings. The Hall–Kier alpha value is -0.920. The van der Waals surface area contributed by atoms with Crippen molar-refractivity contribution in [3.05, 3.63) is 12.7 Å². The van der Waals surface area contributed by atoms with Crippen LogP contribution in [0.2, 0.25) is 0 Å². The minimum absolute atomic E-state index is 0.0628. The molecule has 0 saturated heterocycles. The average Bonchev–Trinajstić information content (AvgIpc) is 1.99. The van der Waals surface area contributed by atoms with Crippen molar-refractivity contribution in [1.82, 2.24) is 4.72 Å². The number of carbonyl (C=O) groups excluding carboxylic acids is 1. The molecule has 0 bridgehead atoms. The Balaban J connectivity index is 4.40. The molecule has 12 heavy (non-hydrogen) atoms. The van der Waals surface area contributed by atoms with Gasteiger partial charge in [0.15, 0.2) is 0 Å². The largest absolute Gasteiger partial charge is 0.368 e. The van der Waals surface area contributed by atoms with Crippen molar-refractivity contribution in [2.24, 2.45) is 5.73 Å². The summed E-state index contributed by atoms with van der Waals surface area (Å²) in [7, 11) is -4.06. The van der Waals surface area contributed by atoms with Gasteiger partial charge in [-0.1, -0.05) is 6.08 Å². The lowest BCUT2D eigenvalue weighted by molar-refractivity contribution is -0.122. The van der Waals surface area contributed by atoms with Gasteiger partial charge in [-0.05, 0) is 0 Å². The van der Waals surface area contributed by atoms with E-state index in [1.807, 2.05) is 4.72 Å². The van der Waals surface area contributed by atoms with E-state index in [0.29, 0.717) is 0 Å². The standard InChI is InChI=1S/C5H10N2O4S/c1-2-3-7-12(10,11)5(9)4(6)8/h2,5,7,9H,1,3H2,(H2,6,8). The first-order chi connectivity index (χ1) is 5.41. The number of rotatable bonds is 5. The lowest BCUT2D eigenvalue weighted by atomic mass is 10.7. The Morgan fingerprint density at radius 2 is 2.25 bits per heavy atom. The van der Waals surface area contributed by atoms with Crippen molar-refractivity contribution in [2.45, 2.75) is 5.44 Å². The van der Waals surface area contributed by atoms with Crippen molar-refractivity contribution in [3.63, 3.8) is 0 Å². The number of amides is 1. The lowest BCUT2D eigenvalue weighted by Crippen LogP contribution is -2.42. The van der Waals surface area contributed by atoms with Crippen molar-refractivity contribution in [2.75, 3.05) is 6.54 Å². The molecule has 0 aromatic rings. The summed E-state index contributed by atoms with van der Waals surface area (Å²) in [6.45, 7) is 3.18. The predicted octanol–water partition coefficient (Wildman–Crippen LogP) is -2.10. The third-order valence-corrected chi connectivity index (χ3v) is 2.36. The highest BCUT2D eigenvalue weighted by atomic mass is 32.2. The van der Waals surface area contributed by atoms with Crippen molar-refractivity contribution < 1.29 is 18.3 Å². The Morgan fingerprint density at radius 1 is 1.75 bits per heavy atom. The molecule has 0 aromatic carbocycles. The number of hydrogen-bond donors (Lipinski definition) is 3.